The van der Waals surface area contributed by atoms with Gasteiger partial charge >= 0.3 is 0 Å². The zero-order valence-electron chi connectivity index (χ0n) is 16.3. The largest absolute Gasteiger partial charge is 0.359 e. The van der Waals surface area contributed by atoms with Crippen LogP contribution in [0.4, 0.5) is 0 Å². The Kier molecular flexibility index (Phi) is 5.71. The second-order valence-electron chi connectivity index (χ2n) is 7.11. The highest BCUT2D eigenvalue weighted by molar-refractivity contribution is 7.17. The van der Waals surface area contributed by atoms with E-state index in [2.05, 4.69) is 5.32 Å². The van der Waals surface area contributed by atoms with Crippen molar-refractivity contribution in [2.24, 2.45) is 5.92 Å². The van der Waals surface area contributed by atoms with Crippen LogP contribution in [-0.4, -0.2) is 41.8 Å². The van der Waals surface area contributed by atoms with Crippen LogP contribution in [0, 0.1) is 5.92 Å². The second kappa shape index (κ2) is 8.57. The predicted molar refractivity (Wildman–Crippen MR) is 116 cm³/mol. The number of hydrogen-bond acceptors (Lipinski definition) is 4. The summed E-state index contributed by atoms with van der Waals surface area (Å²) in [6.07, 6.45) is 1.38. The van der Waals surface area contributed by atoms with E-state index in [1.807, 2.05) is 65.6 Å². The first kappa shape index (κ1) is 19.3. The van der Waals surface area contributed by atoms with Crippen LogP contribution in [-0.2, 0) is 4.79 Å². The molecule has 0 aliphatic carbocycles. The Morgan fingerprint density at radius 2 is 1.55 bits per heavy atom. The zero-order chi connectivity index (χ0) is 20.2. The third-order valence-electron chi connectivity index (χ3n) is 5.29. The fraction of sp³-hybridized carbons (Fsp3) is 0.261. The van der Waals surface area contributed by atoms with Gasteiger partial charge in [0.25, 0.3) is 5.91 Å². The molecule has 1 saturated heterocycles. The normalized spacial score (nSPS) is 14.6. The van der Waals surface area contributed by atoms with Crippen LogP contribution >= 0.6 is 11.3 Å². The Labute approximate surface area is 174 Å². The van der Waals surface area contributed by atoms with Crippen molar-refractivity contribution in [3.05, 3.63) is 65.5 Å². The number of piperidine rings is 1. The summed E-state index contributed by atoms with van der Waals surface area (Å²) in [5, 5.41) is 3.55. The number of nitrogens with zero attached hydrogens (tertiary/aromatic N) is 2. The summed E-state index contributed by atoms with van der Waals surface area (Å²) in [5.41, 5.74) is 2.68. The van der Waals surface area contributed by atoms with Crippen LogP contribution in [0.25, 0.3) is 21.8 Å². The van der Waals surface area contributed by atoms with E-state index >= 15 is 0 Å². The highest BCUT2D eigenvalue weighted by Gasteiger charge is 2.30. The van der Waals surface area contributed by atoms with Crippen molar-refractivity contribution in [2.45, 2.75) is 12.8 Å². The van der Waals surface area contributed by atoms with Gasteiger partial charge in [0.05, 0.1) is 5.69 Å². The SMILES string of the molecule is CNC(=O)C1CCN(C(=O)c2sc(-c3ccccc3)nc2-c2ccccc2)CC1. The van der Waals surface area contributed by atoms with Crippen molar-refractivity contribution in [3.63, 3.8) is 0 Å². The molecule has 1 fully saturated rings. The standard InChI is InChI=1S/C23H23N3O2S/c1-24-21(27)17-12-14-26(15-13-17)23(28)20-19(16-8-4-2-5-9-16)25-22(29-20)18-10-6-3-7-11-18/h2-11,17H,12-15H2,1H3,(H,24,27). The van der Waals surface area contributed by atoms with Crippen molar-refractivity contribution in [2.75, 3.05) is 20.1 Å². The summed E-state index contributed by atoms with van der Waals surface area (Å²) in [6.45, 7) is 1.17. The molecule has 3 aromatic rings. The molecule has 2 amide bonds. The molecule has 4 rings (SSSR count). The smallest absolute Gasteiger partial charge is 0.266 e. The van der Waals surface area contributed by atoms with Crippen LogP contribution in [0.3, 0.4) is 0 Å². The second-order valence-corrected chi connectivity index (χ2v) is 8.11. The van der Waals surface area contributed by atoms with Crippen LogP contribution in [0.1, 0.15) is 22.5 Å². The van der Waals surface area contributed by atoms with Gasteiger partial charge in [-0.1, -0.05) is 60.7 Å². The maximum atomic E-state index is 13.4. The Hall–Kier alpha value is -2.99. The van der Waals surface area contributed by atoms with Crippen molar-refractivity contribution < 1.29 is 9.59 Å². The van der Waals surface area contributed by atoms with Gasteiger partial charge in [-0.3, -0.25) is 9.59 Å². The molecule has 0 saturated carbocycles. The molecule has 6 heteroatoms. The lowest BCUT2D eigenvalue weighted by atomic mass is 9.96. The Morgan fingerprint density at radius 1 is 0.966 bits per heavy atom. The number of hydrogen-bond donors (Lipinski definition) is 1. The van der Waals surface area contributed by atoms with Gasteiger partial charge in [-0.05, 0) is 12.8 Å². The number of benzene rings is 2. The summed E-state index contributed by atoms with van der Waals surface area (Å²) < 4.78 is 0. The molecular formula is C23H23N3O2S. The molecule has 0 spiro atoms. The molecule has 0 bridgehead atoms. The van der Waals surface area contributed by atoms with Gasteiger partial charge in [0, 0.05) is 37.2 Å². The lowest BCUT2D eigenvalue weighted by Gasteiger charge is -2.31. The number of aromatic nitrogens is 1. The Morgan fingerprint density at radius 3 is 2.14 bits per heavy atom. The molecule has 0 atom stereocenters. The third kappa shape index (κ3) is 4.07. The van der Waals surface area contributed by atoms with E-state index in [0.717, 1.165) is 21.8 Å². The predicted octanol–water partition coefficient (Wildman–Crippen LogP) is 4.08. The monoisotopic (exact) mass is 405 g/mol. The quantitative estimate of drug-likeness (QED) is 0.712. The third-order valence-corrected chi connectivity index (χ3v) is 6.38. The van der Waals surface area contributed by atoms with Crippen LogP contribution in [0.15, 0.2) is 60.7 Å². The average Bonchev–Trinajstić information content (AvgIpc) is 3.25. The first-order chi connectivity index (χ1) is 14.2. The molecule has 0 radical (unpaired) electrons. The van der Waals surface area contributed by atoms with Gasteiger partial charge in [-0.2, -0.15) is 0 Å². The molecular weight excluding hydrogens is 382 g/mol. The van der Waals surface area contributed by atoms with Crippen LogP contribution in [0.2, 0.25) is 0 Å². The minimum Gasteiger partial charge on any atom is -0.359 e. The van der Waals surface area contributed by atoms with Gasteiger partial charge in [0.2, 0.25) is 5.91 Å². The molecule has 1 aliphatic rings. The first-order valence-electron chi connectivity index (χ1n) is 9.80. The van der Waals surface area contributed by atoms with E-state index in [9.17, 15) is 9.59 Å². The highest BCUT2D eigenvalue weighted by Crippen LogP contribution is 2.35. The summed E-state index contributed by atoms with van der Waals surface area (Å²) in [5.74, 6) is 0.0455. The fourth-order valence-electron chi connectivity index (χ4n) is 3.65. The topological polar surface area (TPSA) is 62.3 Å². The fourth-order valence-corrected chi connectivity index (χ4v) is 4.71. The lowest BCUT2D eigenvalue weighted by molar-refractivity contribution is -0.125. The van der Waals surface area contributed by atoms with Gasteiger partial charge < -0.3 is 10.2 Å². The minimum atomic E-state index is -0.0148. The van der Waals surface area contributed by atoms with E-state index in [4.69, 9.17) is 4.98 Å². The maximum absolute atomic E-state index is 13.4. The van der Waals surface area contributed by atoms with Gasteiger partial charge in [-0.25, -0.2) is 4.98 Å². The number of amides is 2. The summed E-state index contributed by atoms with van der Waals surface area (Å²) in [7, 11) is 1.66. The van der Waals surface area contributed by atoms with Crippen LogP contribution < -0.4 is 5.32 Å². The average molecular weight is 406 g/mol. The molecule has 148 valence electrons. The van der Waals surface area contributed by atoms with Crippen molar-refractivity contribution in [1.82, 2.24) is 15.2 Å². The molecule has 1 aliphatic heterocycles. The van der Waals surface area contributed by atoms with Crippen molar-refractivity contribution >= 4 is 23.2 Å². The van der Waals surface area contributed by atoms with E-state index in [-0.39, 0.29) is 17.7 Å². The number of carbonyl (C=O) groups is 2. The number of rotatable bonds is 4. The van der Waals surface area contributed by atoms with E-state index < -0.39 is 0 Å². The number of carbonyl (C=O) groups excluding carboxylic acids is 2. The lowest BCUT2D eigenvalue weighted by Crippen LogP contribution is -2.42. The van der Waals surface area contributed by atoms with Crippen molar-refractivity contribution in [1.29, 1.82) is 0 Å². The molecule has 1 N–H and O–H groups in total. The molecule has 2 aromatic carbocycles. The molecule has 2 heterocycles. The van der Waals surface area contributed by atoms with Gasteiger partial charge in [0.15, 0.2) is 0 Å². The number of nitrogens with one attached hydrogen (secondary N) is 1. The Bertz CT molecular complexity index is 993. The van der Waals surface area contributed by atoms with Gasteiger partial charge in [0.1, 0.15) is 9.88 Å². The maximum Gasteiger partial charge on any atom is 0.266 e. The van der Waals surface area contributed by atoms with Crippen molar-refractivity contribution in [3.8, 4) is 21.8 Å². The molecule has 5 nitrogen and oxygen atoms in total. The van der Waals surface area contributed by atoms with Crippen LogP contribution in [0.5, 0.6) is 0 Å². The minimum absolute atomic E-state index is 0.00103. The van der Waals surface area contributed by atoms with E-state index in [1.54, 1.807) is 7.05 Å². The highest BCUT2D eigenvalue weighted by atomic mass is 32.1. The number of thiazole rings is 1. The zero-order valence-corrected chi connectivity index (χ0v) is 17.1. The van der Waals surface area contributed by atoms with E-state index in [0.29, 0.717) is 30.8 Å². The summed E-state index contributed by atoms with van der Waals surface area (Å²) in [6, 6.07) is 19.8. The van der Waals surface area contributed by atoms with Gasteiger partial charge in [-0.15, -0.1) is 11.3 Å². The molecule has 29 heavy (non-hydrogen) atoms. The Balaban J connectivity index is 1.65. The molecule has 0 unspecified atom stereocenters. The van der Waals surface area contributed by atoms with E-state index in [1.165, 1.54) is 11.3 Å². The summed E-state index contributed by atoms with van der Waals surface area (Å²) >= 11 is 1.44. The molecule has 1 aromatic heterocycles. The number of likely N-dealkylation sites (tertiary alicyclic amines) is 1. The first-order valence-corrected chi connectivity index (χ1v) is 10.6. The summed E-state index contributed by atoms with van der Waals surface area (Å²) in [4.78, 5) is 32.6.